The van der Waals surface area contributed by atoms with Crippen LogP contribution in [-0.4, -0.2) is 34.1 Å². The van der Waals surface area contributed by atoms with Crippen molar-refractivity contribution < 1.29 is 14.6 Å². The highest BCUT2D eigenvalue weighted by Gasteiger charge is 2.29. The summed E-state index contributed by atoms with van der Waals surface area (Å²) >= 11 is 0. The predicted molar refractivity (Wildman–Crippen MR) is 52.9 cm³/mol. The Labute approximate surface area is 87.7 Å². The number of ether oxygens (including phenoxy) is 1. The lowest BCUT2D eigenvalue weighted by atomic mass is 10.2. The lowest BCUT2D eigenvalue weighted by Gasteiger charge is -2.18. The van der Waals surface area contributed by atoms with Crippen LogP contribution in [0.15, 0.2) is 12.4 Å². The molecule has 1 aromatic rings. The molecule has 2 atom stereocenters. The monoisotopic (exact) mass is 210 g/mol. The molecule has 1 heterocycles. The van der Waals surface area contributed by atoms with Gasteiger partial charge in [0.25, 0.3) is 0 Å². The zero-order valence-electron chi connectivity index (χ0n) is 8.59. The third-order valence-electron chi connectivity index (χ3n) is 2.91. The van der Waals surface area contributed by atoms with Gasteiger partial charge in [0.2, 0.25) is 0 Å². The summed E-state index contributed by atoms with van der Waals surface area (Å²) in [6.45, 7) is 0. The molecule has 0 amide bonds. The van der Waals surface area contributed by atoms with E-state index in [0.29, 0.717) is 0 Å². The number of hydrogen-bond acceptors (Lipinski definition) is 3. The first-order valence-corrected chi connectivity index (χ1v) is 5.02. The summed E-state index contributed by atoms with van der Waals surface area (Å²) in [5.74, 6) is -0.937. The third-order valence-corrected chi connectivity index (χ3v) is 2.91. The Morgan fingerprint density at radius 3 is 3.07 bits per heavy atom. The van der Waals surface area contributed by atoms with Gasteiger partial charge in [-0.3, -0.25) is 4.68 Å². The SMILES string of the molecule is COC1CCCC1n1cc(C(=O)O)cn1. The van der Waals surface area contributed by atoms with Gasteiger partial charge in [0.15, 0.2) is 0 Å². The van der Waals surface area contributed by atoms with E-state index >= 15 is 0 Å². The van der Waals surface area contributed by atoms with Gasteiger partial charge < -0.3 is 9.84 Å². The van der Waals surface area contributed by atoms with Crippen molar-refractivity contribution in [1.82, 2.24) is 9.78 Å². The standard InChI is InChI=1S/C10H14N2O3/c1-15-9-4-2-3-8(9)12-6-7(5-11-12)10(13)14/h5-6,8-9H,2-4H2,1H3,(H,13,14). The predicted octanol–water partition coefficient (Wildman–Crippen LogP) is 1.32. The Hall–Kier alpha value is -1.36. The first-order chi connectivity index (χ1) is 7.22. The zero-order valence-corrected chi connectivity index (χ0v) is 8.59. The van der Waals surface area contributed by atoms with Crippen LogP contribution in [0.2, 0.25) is 0 Å². The second-order valence-corrected chi connectivity index (χ2v) is 3.79. The van der Waals surface area contributed by atoms with Gasteiger partial charge in [-0.2, -0.15) is 5.10 Å². The molecule has 1 aliphatic rings. The van der Waals surface area contributed by atoms with E-state index in [1.54, 1.807) is 18.0 Å². The molecule has 1 fully saturated rings. The molecule has 1 N–H and O–H groups in total. The maximum absolute atomic E-state index is 10.7. The van der Waals surface area contributed by atoms with Crippen LogP contribution >= 0.6 is 0 Å². The van der Waals surface area contributed by atoms with E-state index in [1.807, 2.05) is 0 Å². The van der Waals surface area contributed by atoms with Crippen LogP contribution in [0.3, 0.4) is 0 Å². The maximum atomic E-state index is 10.7. The van der Waals surface area contributed by atoms with E-state index in [0.717, 1.165) is 19.3 Å². The molecule has 5 heteroatoms. The van der Waals surface area contributed by atoms with Gasteiger partial charge >= 0.3 is 5.97 Å². The fourth-order valence-corrected chi connectivity index (χ4v) is 2.11. The Morgan fingerprint density at radius 2 is 2.47 bits per heavy atom. The van der Waals surface area contributed by atoms with Crippen LogP contribution in [0.25, 0.3) is 0 Å². The first kappa shape index (κ1) is 10.2. The number of rotatable bonds is 3. The van der Waals surface area contributed by atoms with Crippen LogP contribution in [0.1, 0.15) is 35.7 Å². The summed E-state index contributed by atoms with van der Waals surface area (Å²) in [7, 11) is 1.69. The van der Waals surface area contributed by atoms with Crippen molar-refractivity contribution in [2.75, 3.05) is 7.11 Å². The molecule has 1 saturated carbocycles. The lowest BCUT2D eigenvalue weighted by Crippen LogP contribution is -2.20. The van der Waals surface area contributed by atoms with Crippen LogP contribution in [0, 0.1) is 0 Å². The molecular formula is C10H14N2O3. The minimum Gasteiger partial charge on any atom is -0.478 e. The number of methoxy groups -OCH3 is 1. The summed E-state index contributed by atoms with van der Waals surface area (Å²) in [6.07, 6.45) is 6.23. The number of hydrogen-bond donors (Lipinski definition) is 1. The van der Waals surface area contributed by atoms with Gasteiger partial charge in [0, 0.05) is 13.3 Å². The largest absolute Gasteiger partial charge is 0.478 e. The van der Waals surface area contributed by atoms with Gasteiger partial charge in [-0.05, 0) is 19.3 Å². The van der Waals surface area contributed by atoms with Crippen molar-refractivity contribution in [3.8, 4) is 0 Å². The molecule has 2 unspecified atom stereocenters. The third kappa shape index (κ3) is 1.87. The van der Waals surface area contributed by atoms with Crippen LogP contribution < -0.4 is 0 Å². The van der Waals surface area contributed by atoms with Gasteiger partial charge in [-0.1, -0.05) is 0 Å². The van der Waals surface area contributed by atoms with Crippen molar-refractivity contribution >= 4 is 5.97 Å². The van der Waals surface area contributed by atoms with Crippen molar-refractivity contribution in [2.45, 2.75) is 31.4 Å². The van der Waals surface area contributed by atoms with E-state index in [2.05, 4.69) is 5.10 Å². The Balaban J connectivity index is 2.18. The van der Waals surface area contributed by atoms with Crippen LogP contribution in [0.4, 0.5) is 0 Å². The fourth-order valence-electron chi connectivity index (χ4n) is 2.11. The fraction of sp³-hybridized carbons (Fsp3) is 0.600. The maximum Gasteiger partial charge on any atom is 0.338 e. The number of carboxylic acid groups (broad SMARTS) is 1. The van der Waals surface area contributed by atoms with E-state index in [4.69, 9.17) is 9.84 Å². The summed E-state index contributed by atoms with van der Waals surface area (Å²) in [5, 5.41) is 12.9. The summed E-state index contributed by atoms with van der Waals surface area (Å²) in [4.78, 5) is 10.7. The average molecular weight is 210 g/mol. The molecule has 5 nitrogen and oxygen atoms in total. The van der Waals surface area contributed by atoms with Gasteiger partial charge in [0.1, 0.15) is 0 Å². The molecule has 0 spiro atoms. The number of aromatic nitrogens is 2. The van der Waals surface area contributed by atoms with E-state index in [1.165, 1.54) is 6.20 Å². The highest BCUT2D eigenvalue weighted by molar-refractivity contribution is 5.86. The Bertz CT molecular complexity index is 361. The Morgan fingerprint density at radius 1 is 1.67 bits per heavy atom. The van der Waals surface area contributed by atoms with Gasteiger partial charge in [-0.15, -0.1) is 0 Å². The number of carbonyl (C=O) groups is 1. The molecule has 0 aromatic carbocycles. The van der Waals surface area contributed by atoms with Gasteiger partial charge in [-0.25, -0.2) is 4.79 Å². The quantitative estimate of drug-likeness (QED) is 0.817. The molecule has 0 saturated heterocycles. The van der Waals surface area contributed by atoms with Crippen LogP contribution in [0.5, 0.6) is 0 Å². The second-order valence-electron chi connectivity index (χ2n) is 3.79. The van der Waals surface area contributed by atoms with E-state index < -0.39 is 5.97 Å². The molecule has 1 aliphatic carbocycles. The normalized spacial score (nSPS) is 25.7. The Kier molecular flexibility index (Phi) is 2.73. The number of nitrogens with zero attached hydrogens (tertiary/aromatic N) is 2. The summed E-state index contributed by atoms with van der Waals surface area (Å²) in [5.41, 5.74) is 0.233. The van der Waals surface area contributed by atoms with Crippen molar-refractivity contribution in [3.05, 3.63) is 18.0 Å². The first-order valence-electron chi connectivity index (χ1n) is 5.02. The lowest BCUT2D eigenvalue weighted by molar-refractivity contribution is 0.0684. The molecule has 2 rings (SSSR count). The molecular weight excluding hydrogens is 196 g/mol. The second kappa shape index (κ2) is 4.02. The smallest absolute Gasteiger partial charge is 0.338 e. The number of carboxylic acids is 1. The van der Waals surface area contributed by atoms with Crippen molar-refractivity contribution in [3.63, 3.8) is 0 Å². The molecule has 82 valence electrons. The van der Waals surface area contributed by atoms with Gasteiger partial charge in [0.05, 0.1) is 23.9 Å². The minimum absolute atomic E-state index is 0.159. The van der Waals surface area contributed by atoms with E-state index in [-0.39, 0.29) is 17.7 Å². The minimum atomic E-state index is -0.937. The van der Waals surface area contributed by atoms with Crippen molar-refractivity contribution in [1.29, 1.82) is 0 Å². The molecule has 0 bridgehead atoms. The van der Waals surface area contributed by atoms with E-state index in [9.17, 15) is 4.79 Å². The zero-order chi connectivity index (χ0) is 10.8. The molecule has 0 radical (unpaired) electrons. The van der Waals surface area contributed by atoms with Crippen LogP contribution in [-0.2, 0) is 4.74 Å². The molecule has 15 heavy (non-hydrogen) atoms. The number of aromatic carboxylic acids is 1. The highest BCUT2D eigenvalue weighted by atomic mass is 16.5. The molecule has 1 aromatic heterocycles. The summed E-state index contributed by atoms with van der Waals surface area (Å²) < 4.78 is 7.05. The van der Waals surface area contributed by atoms with Crippen molar-refractivity contribution in [2.24, 2.45) is 0 Å². The average Bonchev–Trinajstić information content (AvgIpc) is 2.85. The topological polar surface area (TPSA) is 64.3 Å². The molecule has 0 aliphatic heterocycles. The highest BCUT2D eigenvalue weighted by Crippen LogP contribution is 2.31. The summed E-state index contributed by atoms with van der Waals surface area (Å²) in [6, 6.07) is 0.183.